The largest absolute Gasteiger partial charge is 0.447 e. The second kappa shape index (κ2) is 9.08. The molecule has 0 saturated heterocycles. The quantitative estimate of drug-likeness (QED) is 0.437. The fourth-order valence-electron chi connectivity index (χ4n) is 3.75. The standard InChI is InChI=1S/C24H25ClN4O2S/c1-13(2)12-32-24-26-22-20(27-28-24)19-11-14(3)10-15(4)21(19)29(16(5)30)23(31-22)17-6-8-18(25)9-7-17/h6-11,13,23H,12H2,1-5H3/t23-/m1/s1. The van der Waals surface area contributed by atoms with Crippen LogP contribution in [0.2, 0.25) is 5.02 Å². The molecule has 2 aromatic carbocycles. The fourth-order valence-corrected chi connectivity index (χ4v) is 4.61. The highest BCUT2D eigenvalue weighted by Crippen LogP contribution is 2.45. The molecule has 3 aromatic rings. The van der Waals surface area contributed by atoms with Crippen molar-refractivity contribution in [3.63, 3.8) is 0 Å². The monoisotopic (exact) mass is 468 g/mol. The molecular weight excluding hydrogens is 444 g/mol. The van der Waals surface area contributed by atoms with Gasteiger partial charge in [0.05, 0.1) is 5.69 Å². The number of nitrogens with zero attached hydrogens (tertiary/aromatic N) is 4. The van der Waals surface area contributed by atoms with Crippen molar-refractivity contribution in [2.24, 2.45) is 5.92 Å². The highest BCUT2D eigenvalue weighted by Gasteiger charge is 2.35. The van der Waals surface area contributed by atoms with Gasteiger partial charge in [-0.2, -0.15) is 4.98 Å². The van der Waals surface area contributed by atoms with E-state index in [4.69, 9.17) is 21.3 Å². The molecule has 0 aliphatic carbocycles. The summed E-state index contributed by atoms with van der Waals surface area (Å²) in [5.74, 6) is 1.58. The molecule has 0 saturated carbocycles. The summed E-state index contributed by atoms with van der Waals surface area (Å²) in [6.45, 7) is 9.82. The number of aromatic nitrogens is 3. The molecule has 1 atom stereocenters. The first-order valence-corrected chi connectivity index (χ1v) is 11.8. The number of fused-ring (bicyclic) bond motifs is 3. The van der Waals surface area contributed by atoms with Crippen molar-refractivity contribution in [2.45, 2.75) is 46.0 Å². The summed E-state index contributed by atoms with van der Waals surface area (Å²) >= 11 is 7.65. The van der Waals surface area contributed by atoms with Crippen LogP contribution in [0.1, 0.15) is 43.7 Å². The SMILES string of the molecule is CC(=O)N1c2c(C)cc(C)cc2-c2nnc(SCC(C)C)nc2O[C@@H]1c1ccc(Cl)cc1. The fraction of sp³-hybridized carbons (Fsp3) is 0.333. The Morgan fingerprint density at radius 3 is 2.56 bits per heavy atom. The van der Waals surface area contributed by atoms with Crippen LogP contribution in [0.4, 0.5) is 5.69 Å². The first-order chi connectivity index (χ1) is 15.2. The number of carbonyl (C=O) groups excluding carboxylic acids is 1. The van der Waals surface area contributed by atoms with Gasteiger partial charge in [-0.3, -0.25) is 9.69 Å². The second-order valence-electron chi connectivity index (χ2n) is 8.34. The van der Waals surface area contributed by atoms with E-state index in [-0.39, 0.29) is 5.91 Å². The maximum Gasteiger partial charge on any atom is 0.247 e. The second-order valence-corrected chi connectivity index (χ2v) is 9.77. The number of halogens is 1. The van der Waals surface area contributed by atoms with E-state index in [1.807, 2.05) is 38.1 Å². The van der Waals surface area contributed by atoms with Crippen LogP contribution in [0.25, 0.3) is 11.3 Å². The van der Waals surface area contributed by atoms with Crippen LogP contribution >= 0.6 is 23.4 Å². The summed E-state index contributed by atoms with van der Waals surface area (Å²) in [5.41, 5.74) is 4.86. The molecule has 0 N–H and O–H groups in total. The topological polar surface area (TPSA) is 68.2 Å². The number of carbonyl (C=O) groups is 1. The van der Waals surface area contributed by atoms with Crippen LogP contribution in [0.5, 0.6) is 5.88 Å². The number of aryl methyl sites for hydroxylation is 2. The molecule has 4 rings (SSSR count). The maximum atomic E-state index is 13.0. The highest BCUT2D eigenvalue weighted by molar-refractivity contribution is 7.99. The Labute approximate surface area is 197 Å². The van der Waals surface area contributed by atoms with Crippen molar-refractivity contribution >= 4 is 35.0 Å². The lowest BCUT2D eigenvalue weighted by atomic mass is 10.00. The van der Waals surface area contributed by atoms with Crippen molar-refractivity contribution < 1.29 is 9.53 Å². The van der Waals surface area contributed by atoms with Crippen LogP contribution in [-0.4, -0.2) is 26.8 Å². The van der Waals surface area contributed by atoms with E-state index in [0.717, 1.165) is 33.7 Å². The van der Waals surface area contributed by atoms with Gasteiger partial charge in [-0.05, 0) is 43.5 Å². The maximum absolute atomic E-state index is 13.0. The van der Waals surface area contributed by atoms with E-state index in [1.54, 1.807) is 17.0 Å². The van der Waals surface area contributed by atoms with Gasteiger partial charge >= 0.3 is 0 Å². The lowest BCUT2D eigenvalue weighted by Gasteiger charge is -2.31. The molecule has 1 aliphatic heterocycles. The number of benzene rings is 2. The van der Waals surface area contributed by atoms with Gasteiger partial charge in [-0.1, -0.05) is 61.0 Å². The predicted molar refractivity (Wildman–Crippen MR) is 128 cm³/mol. The molecule has 0 radical (unpaired) electrons. The number of hydrogen-bond acceptors (Lipinski definition) is 6. The zero-order valence-corrected chi connectivity index (χ0v) is 20.3. The molecule has 0 unspecified atom stereocenters. The third-order valence-electron chi connectivity index (χ3n) is 5.07. The van der Waals surface area contributed by atoms with Crippen LogP contribution in [-0.2, 0) is 4.79 Å². The minimum atomic E-state index is -0.717. The summed E-state index contributed by atoms with van der Waals surface area (Å²) in [5, 5.41) is 10.0. The van der Waals surface area contributed by atoms with Crippen LogP contribution < -0.4 is 9.64 Å². The zero-order valence-electron chi connectivity index (χ0n) is 18.7. The number of rotatable bonds is 4. The molecule has 0 spiro atoms. The first-order valence-electron chi connectivity index (χ1n) is 10.5. The molecule has 6 nitrogen and oxygen atoms in total. The number of ether oxygens (including phenoxy) is 1. The van der Waals surface area contributed by atoms with E-state index < -0.39 is 6.23 Å². The van der Waals surface area contributed by atoms with Gasteiger partial charge < -0.3 is 4.74 Å². The molecule has 166 valence electrons. The summed E-state index contributed by atoms with van der Waals surface area (Å²) in [6, 6.07) is 11.3. The zero-order chi connectivity index (χ0) is 23.0. The lowest BCUT2D eigenvalue weighted by Crippen LogP contribution is -2.36. The minimum Gasteiger partial charge on any atom is -0.447 e. The number of amides is 1. The summed E-state index contributed by atoms with van der Waals surface area (Å²) in [7, 11) is 0. The highest BCUT2D eigenvalue weighted by atomic mass is 35.5. The number of anilines is 1. The Bertz CT molecular complexity index is 1170. The van der Waals surface area contributed by atoms with Crippen molar-refractivity contribution in [1.29, 1.82) is 0 Å². The van der Waals surface area contributed by atoms with Crippen LogP contribution in [0.3, 0.4) is 0 Å². The lowest BCUT2D eigenvalue weighted by molar-refractivity contribution is -0.118. The van der Waals surface area contributed by atoms with E-state index in [9.17, 15) is 4.79 Å². The van der Waals surface area contributed by atoms with E-state index in [1.165, 1.54) is 18.7 Å². The molecule has 1 aliphatic rings. The van der Waals surface area contributed by atoms with Crippen LogP contribution in [0.15, 0.2) is 41.6 Å². The Kier molecular flexibility index (Phi) is 6.40. The van der Waals surface area contributed by atoms with Gasteiger partial charge in [-0.15, -0.1) is 10.2 Å². The number of hydrogen-bond donors (Lipinski definition) is 0. The Balaban J connectivity index is 1.94. The molecule has 1 amide bonds. The molecule has 32 heavy (non-hydrogen) atoms. The third kappa shape index (κ3) is 4.45. The molecular formula is C24H25ClN4O2S. The van der Waals surface area contributed by atoms with E-state index in [2.05, 4.69) is 24.0 Å². The molecule has 0 fully saturated rings. The smallest absolute Gasteiger partial charge is 0.247 e. The van der Waals surface area contributed by atoms with Gasteiger partial charge in [0.1, 0.15) is 0 Å². The van der Waals surface area contributed by atoms with Gasteiger partial charge in [0.15, 0.2) is 5.69 Å². The summed E-state index contributed by atoms with van der Waals surface area (Å²) in [4.78, 5) is 19.3. The molecule has 1 aromatic heterocycles. The van der Waals surface area contributed by atoms with Gasteiger partial charge in [0.25, 0.3) is 0 Å². The Morgan fingerprint density at radius 1 is 1.19 bits per heavy atom. The van der Waals surface area contributed by atoms with Gasteiger partial charge in [0.2, 0.25) is 23.2 Å². The third-order valence-corrected chi connectivity index (χ3v) is 6.59. The average Bonchev–Trinajstić information content (AvgIpc) is 2.87. The summed E-state index contributed by atoms with van der Waals surface area (Å²) < 4.78 is 6.42. The summed E-state index contributed by atoms with van der Waals surface area (Å²) in [6.07, 6.45) is -0.717. The Morgan fingerprint density at radius 2 is 1.91 bits per heavy atom. The molecule has 2 heterocycles. The van der Waals surface area contributed by atoms with Crippen molar-refractivity contribution in [3.05, 3.63) is 58.1 Å². The van der Waals surface area contributed by atoms with Gasteiger partial charge in [-0.25, -0.2) is 0 Å². The minimum absolute atomic E-state index is 0.145. The van der Waals surface area contributed by atoms with Crippen molar-refractivity contribution in [3.8, 4) is 17.1 Å². The molecule has 0 bridgehead atoms. The van der Waals surface area contributed by atoms with Crippen molar-refractivity contribution in [1.82, 2.24) is 15.2 Å². The first kappa shape index (κ1) is 22.6. The van der Waals surface area contributed by atoms with Crippen molar-refractivity contribution in [2.75, 3.05) is 10.7 Å². The normalized spacial score (nSPS) is 15.1. The van der Waals surface area contributed by atoms with Gasteiger partial charge in [0, 0.05) is 28.8 Å². The van der Waals surface area contributed by atoms with Crippen LogP contribution in [0, 0.1) is 19.8 Å². The van der Waals surface area contributed by atoms with E-state index in [0.29, 0.717) is 27.7 Å². The Hall–Kier alpha value is -2.64. The predicted octanol–water partition coefficient (Wildman–Crippen LogP) is 6.00. The van der Waals surface area contributed by atoms with E-state index >= 15 is 0 Å². The average molecular weight is 469 g/mol. The molecule has 8 heteroatoms. The number of thioether (sulfide) groups is 1.